The fourth-order valence-electron chi connectivity index (χ4n) is 7.50. The van der Waals surface area contributed by atoms with Crippen molar-refractivity contribution in [1.82, 2.24) is 5.32 Å². The van der Waals surface area contributed by atoms with Gasteiger partial charge >= 0.3 is 5.97 Å². The molecule has 0 fully saturated rings. The highest BCUT2D eigenvalue weighted by Crippen LogP contribution is 2.17. The molecule has 362 valence electrons. The second-order valence-electron chi connectivity index (χ2n) is 17.5. The van der Waals surface area contributed by atoms with Gasteiger partial charge in [0.1, 0.15) is 6.10 Å². The van der Waals surface area contributed by atoms with Gasteiger partial charge in [-0.05, 0) is 96.3 Å². The van der Waals surface area contributed by atoms with Crippen LogP contribution < -0.4 is 5.32 Å². The lowest BCUT2D eigenvalue weighted by atomic mass is 10.0. The van der Waals surface area contributed by atoms with Crippen molar-refractivity contribution >= 4 is 11.9 Å². The molecule has 0 aromatic carbocycles. The van der Waals surface area contributed by atoms with E-state index in [1.54, 1.807) is 0 Å². The van der Waals surface area contributed by atoms with Crippen LogP contribution in [0.3, 0.4) is 0 Å². The lowest BCUT2D eigenvalue weighted by molar-refractivity contribution is -0.151. The van der Waals surface area contributed by atoms with Crippen molar-refractivity contribution in [2.75, 3.05) is 6.61 Å². The molecule has 0 rings (SSSR count). The van der Waals surface area contributed by atoms with Crippen LogP contribution in [-0.4, -0.2) is 46.9 Å². The van der Waals surface area contributed by atoms with Crippen molar-refractivity contribution in [1.29, 1.82) is 0 Å². The topological polar surface area (TPSA) is 95.9 Å². The smallest absolute Gasteiger partial charge is 0.306 e. The highest BCUT2D eigenvalue weighted by molar-refractivity contribution is 5.77. The van der Waals surface area contributed by atoms with Crippen molar-refractivity contribution in [3.05, 3.63) is 85.1 Å². The Morgan fingerprint density at radius 1 is 0.476 bits per heavy atom. The molecule has 3 unspecified atom stereocenters. The number of aliphatic hydroxyl groups excluding tert-OH is 2. The van der Waals surface area contributed by atoms with Crippen LogP contribution in [-0.2, 0) is 14.3 Å². The third kappa shape index (κ3) is 45.4. The van der Waals surface area contributed by atoms with E-state index in [1.807, 2.05) is 0 Å². The van der Waals surface area contributed by atoms with Gasteiger partial charge in [-0.2, -0.15) is 0 Å². The first-order valence-electron chi connectivity index (χ1n) is 26.3. The zero-order valence-corrected chi connectivity index (χ0v) is 41.2. The summed E-state index contributed by atoms with van der Waals surface area (Å²) in [5.74, 6) is -0.566. The fourth-order valence-corrected chi connectivity index (χ4v) is 7.50. The predicted molar refractivity (Wildman–Crippen MR) is 273 cm³/mol. The van der Waals surface area contributed by atoms with Crippen LogP contribution in [0.2, 0.25) is 0 Å². The lowest BCUT2D eigenvalue weighted by Crippen LogP contribution is -2.46. The molecule has 63 heavy (non-hydrogen) atoms. The Hall–Kier alpha value is -2.96. The Labute approximate surface area is 389 Å². The molecule has 1 amide bonds. The molecule has 0 saturated carbocycles. The number of rotatable bonds is 46. The maximum Gasteiger partial charge on any atom is 0.306 e. The number of hydrogen-bond donors (Lipinski definition) is 3. The monoisotopic (exact) mass is 878 g/mol. The number of esters is 1. The third-order valence-corrected chi connectivity index (χ3v) is 11.5. The third-order valence-electron chi connectivity index (χ3n) is 11.5. The SMILES string of the molecule is CC/C=C/C/C=C/C/C=C/CCCCCCC(CC(=O)NC(CO)C(O)CCCCCCCCCCCCCCC)OC(=O)CCC/C=C\C/C=C\C/C=C\C/C=C\CCCCC. The van der Waals surface area contributed by atoms with Crippen LogP contribution >= 0.6 is 0 Å². The van der Waals surface area contributed by atoms with Gasteiger partial charge in [0.05, 0.1) is 25.2 Å². The van der Waals surface area contributed by atoms with Gasteiger partial charge < -0.3 is 20.3 Å². The molecule has 0 spiro atoms. The minimum absolute atomic E-state index is 0.0371. The molecule has 3 atom stereocenters. The average Bonchev–Trinajstić information content (AvgIpc) is 3.28. The molecule has 0 heterocycles. The van der Waals surface area contributed by atoms with Crippen LogP contribution in [0.1, 0.15) is 239 Å². The van der Waals surface area contributed by atoms with Gasteiger partial charge in [0, 0.05) is 6.42 Å². The Morgan fingerprint density at radius 2 is 0.857 bits per heavy atom. The number of carbonyl (C=O) groups excluding carboxylic acids is 2. The maximum absolute atomic E-state index is 13.2. The van der Waals surface area contributed by atoms with Crippen LogP contribution in [0.25, 0.3) is 0 Å². The predicted octanol–water partition coefficient (Wildman–Crippen LogP) is 16.0. The van der Waals surface area contributed by atoms with Crippen LogP contribution in [0, 0.1) is 0 Å². The summed E-state index contributed by atoms with van der Waals surface area (Å²) in [4.78, 5) is 26.1. The Bertz CT molecular complexity index is 1210. The molecule has 6 nitrogen and oxygen atoms in total. The van der Waals surface area contributed by atoms with Crippen molar-refractivity contribution in [2.45, 2.75) is 257 Å². The summed E-state index contributed by atoms with van der Waals surface area (Å²) in [5, 5.41) is 23.8. The first-order valence-corrected chi connectivity index (χ1v) is 26.3. The molecule has 6 heteroatoms. The molecule has 0 aliphatic carbocycles. The van der Waals surface area contributed by atoms with Crippen molar-refractivity contribution in [2.24, 2.45) is 0 Å². The van der Waals surface area contributed by atoms with E-state index in [9.17, 15) is 19.8 Å². The van der Waals surface area contributed by atoms with Crippen molar-refractivity contribution in [3.63, 3.8) is 0 Å². The fraction of sp³-hybridized carbons (Fsp3) is 0.719. The van der Waals surface area contributed by atoms with E-state index >= 15 is 0 Å². The molecule has 0 radical (unpaired) electrons. The first-order chi connectivity index (χ1) is 31.0. The maximum atomic E-state index is 13.2. The van der Waals surface area contributed by atoms with Gasteiger partial charge in [0.25, 0.3) is 0 Å². The van der Waals surface area contributed by atoms with Crippen molar-refractivity contribution < 1.29 is 24.5 Å². The van der Waals surface area contributed by atoms with Gasteiger partial charge in [-0.15, -0.1) is 0 Å². The summed E-state index contributed by atoms with van der Waals surface area (Å²) in [6, 6.07) is -0.724. The zero-order chi connectivity index (χ0) is 45.9. The van der Waals surface area contributed by atoms with Crippen LogP contribution in [0.4, 0.5) is 0 Å². The molecule has 0 aliphatic heterocycles. The number of nitrogens with one attached hydrogen (secondary N) is 1. The van der Waals surface area contributed by atoms with E-state index in [1.165, 1.54) is 89.9 Å². The quantitative estimate of drug-likeness (QED) is 0.0322. The summed E-state index contributed by atoms with van der Waals surface area (Å²) in [6.45, 7) is 6.32. The molecule has 0 aromatic heterocycles. The number of ether oxygens (including phenoxy) is 1. The number of hydrogen-bond acceptors (Lipinski definition) is 5. The van der Waals surface area contributed by atoms with Gasteiger partial charge in [-0.3, -0.25) is 9.59 Å². The molecule has 0 saturated heterocycles. The normalized spacial score (nSPS) is 13.9. The summed E-state index contributed by atoms with van der Waals surface area (Å²) in [7, 11) is 0. The highest BCUT2D eigenvalue weighted by atomic mass is 16.5. The minimum atomic E-state index is -0.807. The summed E-state index contributed by atoms with van der Waals surface area (Å²) in [6.07, 6.45) is 65.0. The van der Waals surface area contributed by atoms with E-state index in [0.717, 1.165) is 96.3 Å². The number of carbonyl (C=O) groups is 2. The number of allylic oxidation sites excluding steroid dienone is 14. The Morgan fingerprint density at radius 3 is 1.33 bits per heavy atom. The van der Waals surface area contributed by atoms with E-state index in [2.05, 4.69) is 111 Å². The van der Waals surface area contributed by atoms with Crippen molar-refractivity contribution in [3.8, 4) is 0 Å². The molecule has 3 N–H and O–H groups in total. The average molecular weight is 878 g/mol. The van der Waals surface area contributed by atoms with Gasteiger partial charge in [-0.25, -0.2) is 0 Å². The molecular formula is C57H99NO5. The zero-order valence-electron chi connectivity index (χ0n) is 41.2. The van der Waals surface area contributed by atoms with Gasteiger partial charge in [0.2, 0.25) is 5.91 Å². The van der Waals surface area contributed by atoms with Gasteiger partial charge in [0.15, 0.2) is 0 Å². The van der Waals surface area contributed by atoms with E-state index < -0.39 is 18.2 Å². The van der Waals surface area contributed by atoms with E-state index in [0.29, 0.717) is 25.7 Å². The number of amides is 1. The second kappa shape index (κ2) is 50.0. The summed E-state index contributed by atoms with van der Waals surface area (Å²) in [5.41, 5.74) is 0. The molecular weight excluding hydrogens is 779 g/mol. The van der Waals surface area contributed by atoms with Crippen LogP contribution in [0.15, 0.2) is 85.1 Å². The standard InChI is InChI=1S/C57H99NO5/c1-4-7-10-13-16-19-22-25-27-28-29-32-35-38-41-44-47-50-57(62)63-53(48-45-42-39-36-33-31-26-23-20-17-14-11-8-5-2)51-56(61)58-54(52-59)55(60)49-46-43-40-37-34-30-24-21-18-15-12-9-6-3/h8,11,16-17,19-20,25-27,29,31-32,38,41,53-55,59-60H,4-7,9-10,12-15,18,21-24,28,30,33-37,39-40,42-52H2,1-3H3,(H,58,61)/b11-8+,19-16-,20-17+,27-25-,31-26+,32-29-,41-38-. The first kappa shape index (κ1) is 60.0. The summed E-state index contributed by atoms with van der Waals surface area (Å²) >= 11 is 0. The number of unbranched alkanes of at least 4 members (excludes halogenated alkanes) is 20. The van der Waals surface area contributed by atoms with E-state index in [-0.39, 0.29) is 24.9 Å². The largest absolute Gasteiger partial charge is 0.462 e. The second-order valence-corrected chi connectivity index (χ2v) is 17.5. The van der Waals surface area contributed by atoms with Crippen LogP contribution in [0.5, 0.6) is 0 Å². The Kier molecular flexibility index (Phi) is 47.7. The number of aliphatic hydroxyl groups is 2. The highest BCUT2D eigenvalue weighted by Gasteiger charge is 2.24. The molecule has 0 aromatic rings. The lowest BCUT2D eigenvalue weighted by Gasteiger charge is -2.24. The molecule has 0 bridgehead atoms. The molecule has 0 aliphatic rings. The van der Waals surface area contributed by atoms with E-state index in [4.69, 9.17) is 4.74 Å². The summed E-state index contributed by atoms with van der Waals surface area (Å²) < 4.78 is 5.90. The van der Waals surface area contributed by atoms with Gasteiger partial charge in [-0.1, -0.05) is 215 Å². The minimum Gasteiger partial charge on any atom is -0.462 e. The Balaban J connectivity index is 4.71.